The zero-order chi connectivity index (χ0) is 18.6. The maximum Gasteiger partial charge on any atom is 0.248 e. The fraction of sp³-hybridized carbons (Fsp3) is 0.409. The van der Waals surface area contributed by atoms with E-state index in [-0.39, 0.29) is 5.91 Å². The van der Waals surface area contributed by atoms with Crippen LogP contribution in [-0.2, 0) is 0 Å². The number of rotatable bonds is 4. The number of piperidine rings is 1. The fourth-order valence-corrected chi connectivity index (χ4v) is 4.23. The van der Waals surface area contributed by atoms with Gasteiger partial charge in [0.2, 0.25) is 5.91 Å². The molecule has 1 amide bonds. The van der Waals surface area contributed by atoms with Crippen LogP contribution in [0.15, 0.2) is 48.5 Å². The van der Waals surface area contributed by atoms with Gasteiger partial charge in [-0.15, -0.1) is 0 Å². The van der Waals surface area contributed by atoms with Gasteiger partial charge in [-0.25, -0.2) is 0 Å². The Morgan fingerprint density at radius 2 is 1.63 bits per heavy atom. The van der Waals surface area contributed by atoms with Gasteiger partial charge in [0.1, 0.15) is 0 Å². The van der Waals surface area contributed by atoms with Gasteiger partial charge >= 0.3 is 0 Å². The van der Waals surface area contributed by atoms with E-state index in [1.807, 2.05) is 18.2 Å². The van der Waals surface area contributed by atoms with E-state index in [0.29, 0.717) is 5.56 Å². The van der Waals surface area contributed by atoms with Crippen LogP contribution in [0.3, 0.4) is 0 Å². The Balaban J connectivity index is 1.39. The molecule has 0 aliphatic carbocycles. The SMILES string of the molecule is NC(=O)c1cccc(-c2ccc(N3CCN(C4CCNCC4)CC3)cc2)c1. The number of nitrogens with zero attached hydrogens (tertiary/aromatic N) is 2. The number of amides is 1. The van der Waals surface area contributed by atoms with Crippen molar-refractivity contribution in [1.82, 2.24) is 10.2 Å². The van der Waals surface area contributed by atoms with Crippen molar-refractivity contribution in [2.75, 3.05) is 44.2 Å². The van der Waals surface area contributed by atoms with E-state index in [1.165, 1.54) is 18.5 Å². The minimum Gasteiger partial charge on any atom is -0.369 e. The van der Waals surface area contributed by atoms with E-state index in [0.717, 1.165) is 56.4 Å². The van der Waals surface area contributed by atoms with E-state index in [1.54, 1.807) is 6.07 Å². The molecule has 2 aromatic rings. The molecular weight excluding hydrogens is 336 g/mol. The zero-order valence-electron chi connectivity index (χ0n) is 15.7. The first-order chi connectivity index (χ1) is 13.2. The number of anilines is 1. The minimum absolute atomic E-state index is 0.389. The molecule has 0 aromatic heterocycles. The molecule has 2 aliphatic heterocycles. The Bertz CT molecular complexity index is 775. The number of carbonyl (C=O) groups is 1. The highest BCUT2D eigenvalue weighted by Crippen LogP contribution is 2.25. The largest absolute Gasteiger partial charge is 0.369 e. The van der Waals surface area contributed by atoms with Crippen molar-refractivity contribution in [2.24, 2.45) is 5.73 Å². The first-order valence-electron chi connectivity index (χ1n) is 9.91. The lowest BCUT2D eigenvalue weighted by molar-refractivity contribution is 0.100. The molecule has 5 heteroatoms. The van der Waals surface area contributed by atoms with Crippen molar-refractivity contribution >= 4 is 11.6 Å². The van der Waals surface area contributed by atoms with Crippen LogP contribution in [0.1, 0.15) is 23.2 Å². The van der Waals surface area contributed by atoms with Crippen LogP contribution in [0.5, 0.6) is 0 Å². The van der Waals surface area contributed by atoms with Crippen LogP contribution < -0.4 is 16.0 Å². The normalized spacial score (nSPS) is 19.2. The molecule has 0 unspecified atom stereocenters. The lowest BCUT2D eigenvalue weighted by Crippen LogP contribution is -2.52. The Labute approximate surface area is 161 Å². The fourth-order valence-electron chi connectivity index (χ4n) is 4.23. The Morgan fingerprint density at radius 3 is 2.30 bits per heavy atom. The van der Waals surface area contributed by atoms with Gasteiger partial charge in [0.25, 0.3) is 0 Å². The Kier molecular flexibility index (Phi) is 5.41. The molecule has 2 aromatic carbocycles. The highest BCUT2D eigenvalue weighted by atomic mass is 16.1. The van der Waals surface area contributed by atoms with Gasteiger partial charge < -0.3 is 16.0 Å². The van der Waals surface area contributed by atoms with Crippen molar-refractivity contribution in [2.45, 2.75) is 18.9 Å². The Hall–Kier alpha value is -2.37. The molecule has 2 aliphatic rings. The number of nitrogens with two attached hydrogens (primary N) is 1. The molecule has 0 radical (unpaired) electrons. The highest BCUT2D eigenvalue weighted by molar-refractivity contribution is 5.94. The molecule has 0 bridgehead atoms. The summed E-state index contributed by atoms with van der Waals surface area (Å²) in [5.41, 5.74) is 9.34. The standard InChI is InChI=1S/C22H28N4O/c23-22(27)19-3-1-2-18(16-19)17-4-6-20(7-5-17)25-12-14-26(15-13-25)21-8-10-24-11-9-21/h1-7,16,21,24H,8-15H2,(H2,23,27). The van der Waals surface area contributed by atoms with Crippen LogP contribution in [0.2, 0.25) is 0 Å². The quantitative estimate of drug-likeness (QED) is 0.874. The van der Waals surface area contributed by atoms with Crippen molar-refractivity contribution in [3.05, 3.63) is 54.1 Å². The van der Waals surface area contributed by atoms with Gasteiger partial charge in [-0.1, -0.05) is 24.3 Å². The second-order valence-electron chi connectivity index (χ2n) is 7.50. The number of nitrogens with one attached hydrogen (secondary N) is 1. The molecule has 0 atom stereocenters. The number of benzene rings is 2. The average Bonchev–Trinajstić information content (AvgIpc) is 2.75. The lowest BCUT2D eigenvalue weighted by atomic mass is 10.0. The van der Waals surface area contributed by atoms with Crippen molar-refractivity contribution in [3.63, 3.8) is 0 Å². The number of hydrogen-bond acceptors (Lipinski definition) is 4. The summed E-state index contributed by atoms with van der Waals surface area (Å²) in [5, 5.41) is 3.45. The number of hydrogen-bond donors (Lipinski definition) is 2. The van der Waals surface area contributed by atoms with Gasteiger partial charge in [0.05, 0.1) is 0 Å². The van der Waals surface area contributed by atoms with Gasteiger partial charge in [0, 0.05) is 43.5 Å². The summed E-state index contributed by atoms with van der Waals surface area (Å²) in [5.74, 6) is -0.389. The molecular formula is C22H28N4O. The maximum atomic E-state index is 11.4. The summed E-state index contributed by atoms with van der Waals surface area (Å²) >= 11 is 0. The summed E-state index contributed by atoms with van der Waals surface area (Å²) < 4.78 is 0. The van der Waals surface area contributed by atoms with Crippen LogP contribution in [0.25, 0.3) is 11.1 Å². The third-order valence-electron chi connectivity index (χ3n) is 5.85. The molecule has 0 spiro atoms. The second kappa shape index (κ2) is 8.11. The average molecular weight is 364 g/mol. The molecule has 4 rings (SSSR count). The van der Waals surface area contributed by atoms with Crippen LogP contribution in [-0.4, -0.2) is 56.1 Å². The van der Waals surface area contributed by atoms with E-state index < -0.39 is 0 Å². The van der Waals surface area contributed by atoms with Gasteiger partial charge in [0.15, 0.2) is 0 Å². The van der Waals surface area contributed by atoms with E-state index in [2.05, 4.69) is 39.4 Å². The molecule has 142 valence electrons. The van der Waals surface area contributed by atoms with Crippen LogP contribution in [0, 0.1) is 0 Å². The van der Waals surface area contributed by atoms with Gasteiger partial charge in [-0.3, -0.25) is 9.69 Å². The summed E-state index contributed by atoms with van der Waals surface area (Å²) in [6.45, 7) is 6.77. The van der Waals surface area contributed by atoms with E-state index in [4.69, 9.17) is 5.73 Å². The molecule has 2 heterocycles. The topological polar surface area (TPSA) is 61.6 Å². The van der Waals surface area contributed by atoms with Crippen molar-refractivity contribution in [1.29, 1.82) is 0 Å². The third-order valence-corrected chi connectivity index (χ3v) is 5.85. The predicted molar refractivity (Wildman–Crippen MR) is 110 cm³/mol. The Morgan fingerprint density at radius 1 is 0.926 bits per heavy atom. The summed E-state index contributed by atoms with van der Waals surface area (Å²) in [7, 11) is 0. The molecule has 27 heavy (non-hydrogen) atoms. The zero-order valence-corrected chi connectivity index (χ0v) is 15.7. The van der Waals surface area contributed by atoms with E-state index >= 15 is 0 Å². The van der Waals surface area contributed by atoms with Crippen molar-refractivity contribution in [3.8, 4) is 11.1 Å². The summed E-state index contributed by atoms with van der Waals surface area (Å²) in [6.07, 6.45) is 2.55. The second-order valence-corrected chi connectivity index (χ2v) is 7.50. The lowest BCUT2D eigenvalue weighted by Gasteiger charge is -2.41. The minimum atomic E-state index is -0.389. The molecule has 2 fully saturated rings. The number of primary amides is 1. The summed E-state index contributed by atoms with van der Waals surface area (Å²) in [4.78, 5) is 16.5. The third kappa shape index (κ3) is 4.15. The predicted octanol–water partition coefficient (Wildman–Crippen LogP) is 2.33. The van der Waals surface area contributed by atoms with E-state index in [9.17, 15) is 4.79 Å². The first kappa shape index (κ1) is 18.0. The molecule has 5 nitrogen and oxygen atoms in total. The molecule has 0 saturated carbocycles. The van der Waals surface area contributed by atoms with Crippen LogP contribution >= 0.6 is 0 Å². The summed E-state index contributed by atoms with van der Waals surface area (Å²) in [6, 6.07) is 16.9. The number of carbonyl (C=O) groups excluding carboxylic acids is 1. The van der Waals surface area contributed by atoms with Gasteiger partial charge in [-0.2, -0.15) is 0 Å². The molecule has 3 N–H and O–H groups in total. The van der Waals surface area contributed by atoms with Crippen molar-refractivity contribution < 1.29 is 4.79 Å². The highest BCUT2D eigenvalue weighted by Gasteiger charge is 2.25. The van der Waals surface area contributed by atoms with Gasteiger partial charge in [-0.05, 0) is 61.3 Å². The number of piperazine rings is 1. The molecule has 2 saturated heterocycles. The van der Waals surface area contributed by atoms with Crippen LogP contribution in [0.4, 0.5) is 5.69 Å². The first-order valence-corrected chi connectivity index (χ1v) is 9.91. The maximum absolute atomic E-state index is 11.4. The monoisotopic (exact) mass is 364 g/mol. The smallest absolute Gasteiger partial charge is 0.248 e.